The SMILES string of the molecule is CCCCc1nc2cc(NC(C)=O)c(C)nc2n1Cc1ccc(Br)cc1. The Morgan fingerprint density at radius 3 is 2.62 bits per heavy atom. The molecule has 2 aromatic heterocycles. The van der Waals surface area contributed by atoms with Crippen LogP contribution in [-0.2, 0) is 17.8 Å². The van der Waals surface area contributed by atoms with Crippen molar-refractivity contribution in [2.45, 2.75) is 46.6 Å². The van der Waals surface area contributed by atoms with E-state index < -0.39 is 0 Å². The quantitative estimate of drug-likeness (QED) is 0.626. The highest BCUT2D eigenvalue weighted by Crippen LogP contribution is 2.24. The molecule has 136 valence electrons. The highest BCUT2D eigenvalue weighted by Gasteiger charge is 2.15. The van der Waals surface area contributed by atoms with Gasteiger partial charge in [-0.05, 0) is 37.1 Å². The van der Waals surface area contributed by atoms with Crippen molar-refractivity contribution in [3.05, 3.63) is 51.9 Å². The predicted octanol–water partition coefficient (Wildman–Crippen LogP) is 4.85. The highest BCUT2D eigenvalue weighted by molar-refractivity contribution is 9.10. The molecule has 26 heavy (non-hydrogen) atoms. The van der Waals surface area contributed by atoms with Crippen LogP contribution >= 0.6 is 15.9 Å². The van der Waals surface area contributed by atoms with Crippen LogP contribution in [0.25, 0.3) is 11.2 Å². The number of nitrogens with zero attached hydrogens (tertiary/aromatic N) is 3. The Morgan fingerprint density at radius 2 is 1.96 bits per heavy atom. The lowest BCUT2D eigenvalue weighted by molar-refractivity contribution is -0.114. The molecule has 3 rings (SSSR count). The molecule has 0 saturated carbocycles. The van der Waals surface area contributed by atoms with E-state index in [1.54, 1.807) is 0 Å². The van der Waals surface area contributed by atoms with Gasteiger partial charge in [-0.3, -0.25) is 4.79 Å². The third-order valence-corrected chi connectivity index (χ3v) is 4.84. The number of benzene rings is 1. The third kappa shape index (κ3) is 4.12. The molecule has 2 heterocycles. The maximum Gasteiger partial charge on any atom is 0.221 e. The fraction of sp³-hybridized carbons (Fsp3) is 0.350. The number of anilines is 1. The van der Waals surface area contributed by atoms with E-state index in [0.717, 1.165) is 58.6 Å². The van der Waals surface area contributed by atoms with Crippen molar-refractivity contribution >= 4 is 38.7 Å². The Bertz CT molecular complexity index is 931. The molecule has 0 bridgehead atoms. The lowest BCUT2D eigenvalue weighted by atomic mass is 10.2. The minimum atomic E-state index is -0.102. The number of aromatic nitrogens is 3. The summed E-state index contributed by atoms with van der Waals surface area (Å²) in [6, 6.07) is 10.2. The van der Waals surface area contributed by atoms with Gasteiger partial charge in [0.2, 0.25) is 5.91 Å². The van der Waals surface area contributed by atoms with Crippen molar-refractivity contribution in [2.24, 2.45) is 0 Å². The number of carbonyl (C=O) groups excluding carboxylic acids is 1. The first-order valence-electron chi connectivity index (χ1n) is 8.86. The Morgan fingerprint density at radius 1 is 1.23 bits per heavy atom. The molecular weight excluding hydrogens is 392 g/mol. The van der Waals surface area contributed by atoms with Gasteiger partial charge in [-0.1, -0.05) is 41.4 Å². The van der Waals surface area contributed by atoms with Crippen molar-refractivity contribution in [1.82, 2.24) is 14.5 Å². The van der Waals surface area contributed by atoms with Crippen molar-refractivity contribution in [2.75, 3.05) is 5.32 Å². The van der Waals surface area contributed by atoms with E-state index in [-0.39, 0.29) is 5.91 Å². The highest BCUT2D eigenvalue weighted by atomic mass is 79.9. The number of aryl methyl sites for hydroxylation is 2. The lowest BCUT2D eigenvalue weighted by Gasteiger charge is -2.10. The van der Waals surface area contributed by atoms with E-state index in [4.69, 9.17) is 9.97 Å². The first-order chi connectivity index (χ1) is 12.5. The Balaban J connectivity index is 2.06. The number of fused-ring (bicyclic) bond motifs is 1. The van der Waals surface area contributed by atoms with Gasteiger partial charge in [-0.15, -0.1) is 0 Å². The number of carbonyl (C=O) groups is 1. The van der Waals surface area contributed by atoms with Crippen LogP contribution in [0.1, 0.15) is 43.8 Å². The van der Waals surface area contributed by atoms with Gasteiger partial charge >= 0.3 is 0 Å². The van der Waals surface area contributed by atoms with E-state index in [1.807, 2.05) is 25.1 Å². The van der Waals surface area contributed by atoms with Crippen LogP contribution in [0.3, 0.4) is 0 Å². The molecule has 1 N–H and O–H groups in total. The summed E-state index contributed by atoms with van der Waals surface area (Å²) in [5.74, 6) is 0.936. The third-order valence-electron chi connectivity index (χ3n) is 4.31. The van der Waals surface area contributed by atoms with E-state index in [1.165, 1.54) is 12.5 Å². The maximum atomic E-state index is 11.4. The molecule has 3 aromatic rings. The van der Waals surface area contributed by atoms with Gasteiger partial charge in [0, 0.05) is 17.8 Å². The smallest absolute Gasteiger partial charge is 0.221 e. The van der Waals surface area contributed by atoms with Gasteiger partial charge in [-0.2, -0.15) is 0 Å². The van der Waals surface area contributed by atoms with Crippen molar-refractivity contribution < 1.29 is 4.79 Å². The first kappa shape index (κ1) is 18.6. The summed E-state index contributed by atoms with van der Waals surface area (Å²) in [5.41, 5.74) is 4.41. The average molecular weight is 415 g/mol. The summed E-state index contributed by atoms with van der Waals surface area (Å²) in [6.07, 6.45) is 3.12. The molecule has 6 heteroatoms. The fourth-order valence-corrected chi connectivity index (χ4v) is 3.23. The molecule has 1 amide bonds. The number of rotatable bonds is 6. The number of pyridine rings is 1. The second-order valence-corrected chi connectivity index (χ2v) is 7.41. The van der Waals surface area contributed by atoms with Crippen LogP contribution in [0.15, 0.2) is 34.8 Å². The van der Waals surface area contributed by atoms with Gasteiger partial charge in [0.25, 0.3) is 0 Å². The topological polar surface area (TPSA) is 59.8 Å². The second-order valence-electron chi connectivity index (χ2n) is 6.49. The summed E-state index contributed by atoms with van der Waals surface area (Å²) in [4.78, 5) is 21.0. The van der Waals surface area contributed by atoms with Crippen LogP contribution in [0.4, 0.5) is 5.69 Å². The van der Waals surface area contributed by atoms with Crippen molar-refractivity contribution in [3.63, 3.8) is 0 Å². The molecule has 1 aromatic carbocycles. The molecule has 0 unspecified atom stereocenters. The summed E-state index contributed by atoms with van der Waals surface area (Å²) >= 11 is 3.48. The summed E-state index contributed by atoms with van der Waals surface area (Å²) in [5, 5.41) is 2.84. The van der Waals surface area contributed by atoms with Crippen LogP contribution in [0.5, 0.6) is 0 Å². The maximum absolute atomic E-state index is 11.4. The van der Waals surface area contributed by atoms with Crippen LogP contribution in [0, 0.1) is 6.92 Å². The minimum Gasteiger partial charge on any atom is -0.325 e. The zero-order valence-corrected chi connectivity index (χ0v) is 16.9. The summed E-state index contributed by atoms with van der Waals surface area (Å²) in [7, 11) is 0. The molecular formula is C20H23BrN4O. The molecule has 5 nitrogen and oxygen atoms in total. The first-order valence-corrected chi connectivity index (χ1v) is 9.66. The van der Waals surface area contributed by atoms with Crippen LogP contribution in [0.2, 0.25) is 0 Å². The van der Waals surface area contributed by atoms with E-state index >= 15 is 0 Å². The molecule has 0 atom stereocenters. The minimum absolute atomic E-state index is 0.102. The number of hydrogen-bond donors (Lipinski definition) is 1. The van der Waals surface area contributed by atoms with Gasteiger partial charge in [-0.25, -0.2) is 9.97 Å². The van der Waals surface area contributed by atoms with Gasteiger partial charge in [0.05, 0.1) is 17.9 Å². The van der Waals surface area contributed by atoms with Crippen LogP contribution < -0.4 is 5.32 Å². The standard InChI is InChI=1S/C20H23BrN4O/c1-4-5-6-19-24-18-11-17(23-14(3)26)13(2)22-20(18)25(19)12-15-7-9-16(21)10-8-15/h7-11H,4-6,12H2,1-3H3,(H,23,26). The zero-order valence-electron chi connectivity index (χ0n) is 15.3. The number of unbranched alkanes of at least 4 members (excludes halogenated alkanes) is 1. The average Bonchev–Trinajstić information content (AvgIpc) is 2.91. The molecule has 0 aliphatic carbocycles. The Kier molecular flexibility index (Phi) is 5.71. The van der Waals surface area contributed by atoms with E-state index in [9.17, 15) is 4.79 Å². The molecule has 0 aliphatic heterocycles. The number of hydrogen-bond acceptors (Lipinski definition) is 3. The Hall–Kier alpha value is -2.21. The monoisotopic (exact) mass is 414 g/mol. The molecule has 0 spiro atoms. The van der Waals surface area contributed by atoms with Gasteiger partial charge < -0.3 is 9.88 Å². The summed E-state index contributed by atoms with van der Waals surface area (Å²) in [6.45, 7) is 6.32. The van der Waals surface area contributed by atoms with Crippen LogP contribution in [-0.4, -0.2) is 20.4 Å². The predicted molar refractivity (Wildman–Crippen MR) is 108 cm³/mol. The van der Waals surface area contributed by atoms with Gasteiger partial charge in [0.15, 0.2) is 5.65 Å². The second kappa shape index (κ2) is 7.99. The lowest BCUT2D eigenvalue weighted by Crippen LogP contribution is -2.09. The molecule has 0 saturated heterocycles. The van der Waals surface area contributed by atoms with E-state index in [2.05, 4.69) is 44.9 Å². The normalized spacial score (nSPS) is 11.1. The van der Waals surface area contributed by atoms with E-state index in [0.29, 0.717) is 0 Å². The zero-order chi connectivity index (χ0) is 18.7. The summed E-state index contributed by atoms with van der Waals surface area (Å²) < 4.78 is 3.26. The number of halogens is 1. The molecule has 0 radical (unpaired) electrons. The fourth-order valence-electron chi connectivity index (χ4n) is 2.97. The Labute approximate surface area is 162 Å². The largest absolute Gasteiger partial charge is 0.325 e. The number of amides is 1. The van der Waals surface area contributed by atoms with Crippen molar-refractivity contribution in [1.29, 1.82) is 0 Å². The number of imidazole rings is 1. The van der Waals surface area contributed by atoms with Gasteiger partial charge in [0.1, 0.15) is 11.3 Å². The number of nitrogens with one attached hydrogen (secondary N) is 1. The molecule has 0 fully saturated rings. The molecule has 0 aliphatic rings. The van der Waals surface area contributed by atoms with Crippen molar-refractivity contribution in [3.8, 4) is 0 Å².